The quantitative estimate of drug-likeness (QED) is 0.485. The van der Waals surface area contributed by atoms with Gasteiger partial charge in [0.15, 0.2) is 23.2 Å². The lowest BCUT2D eigenvalue weighted by molar-refractivity contribution is -0.0511. The van der Waals surface area contributed by atoms with Crippen LogP contribution in [0.15, 0.2) is 43.0 Å². The van der Waals surface area contributed by atoms with Gasteiger partial charge in [-0.1, -0.05) is 43.2 Å². The summed E-state index contributed by atoms with van der Waals surface area (Å²) < 4.78 is 7.23. The number of hydrogen-bond donors (Lipinski definition) is 4. The first kappa shape index (κ1) is 20.3. The number of imidazole rings is 1. The molecule has 0 radical (unpaired) electrons. The number of ether oxygens (including phenoxy) is 1. The summed E-state index contributed by atoms with van der Waals surface area (Å²) in [6.07, 6.45) is 3.40. The smallest absolute Gasteiger partial charge is 0.167 e. The van der Waals surface area contributed by atoms with Gasteiger partial charge in [-0.15, -0.1) is 0 Å². The predicted molar refractivity (Wildman–Crippen MR) is 113 cm³/mol. The molecule has 2 fully saturated rings. The molecule has 2 unspecified atom stereocenters. The molecule has 6 atom stereocenters. The molecule has 0 bridgehead atoms. The second-order valence-electron chi connectivity index (χ2n) is 8.33. The van der Waals surface area contributed by atoms with E-state index in [1.807, 2.05) is 6.07 Å². The van der Waals surface area contributed by atoms with E-state index in [2.05, 4.69) is 44.5 Å². The van der Waals surface area contributed by atoms with Crippen LogP contribution in [0.3, 0.4) is 0 Å². The maximum absolute atomic E-state index is 10.4. The summed E-state index contributed by atoms with van der Waals surface area (Å²) in [5.41, 5.74) is 2.40. The van der Waals surface area contributed by atoms with Gasteiger partial charge < -0.3 is 25.4 Å². The fraction of sp³-hybridized carbons (Fsp3) is 0.500. The van der Waals surface area contributed by atoms with Gasteiger partial charge in [0, 0.05) is 12.0 Å². The molecule has 1 saturated carbocycles. The van der Waals surface area contributed by atoms with Crippen molar-refractivity contribution < 1.29 is 20.1 Å². The van der Waals surface area contributed by atoms with Gasteiger partial charge in [-0.05, 0) is 18.4 Å². The number of aliphatic hydroxyl groups is 3. The van der Waals surface area contributed by atoms with E-state index in [1.54, 1.807) is 4.57 Å². The highest BCUT2D eigenvalue weighted by Crippen LogP contribution is 2.36. The Morgan fingerprint density at radius 1 is 1.03 bits per heavy atom. The van der Waals surface area contributed by atoms with Crippen LogP contribution < -0.4 is 5.32 Å². The Bertz CT molecular complexity index is 1030. The van der Waals surface area contributed by atoms with Gasteiger partial charge in [-0.25, -0.2) is 15.0 Å². The Balaban J connectivity index is 1.44. The highest BCUT2D eigenvalue weighted by atomic mass is 16.6. The Kier molecular flexibility index (Phi) is 5.58. The molecule has 1 aromatic carbocycles. The first-order valence-electron chi connectivity index (χ1n) is 10.8. The lowest BCUT2D eigenvalue weighted by Gasteiger charge is -2.33. The molecule has 4 N–H and O–H groups in total. The lowest BCUT2D eigenvalue weighted by atomic mass is 9.80. The topological polar surface area (TPSA) is 126 Å². The molecule has 31 heavy (non-hydrogen) atoms. The lowest BCUT2D eigenvalue weighted by Crippen LogP contribution is -2.33. The first-order chi connectivity index (χ1) is 15.2. The molecule has 1 saturated heterocycles. The minimum absolute atomic E-state index is 0.230. The van der Waals surface area contributed by atoms with Gasteiger partial charge in [0.25, 0.3) is 0 Å². The van der Waals surface area contributed by atoms with Gasteiger partial charge in [-0.3, -0.25) is 4.57 Å². The van der Waals surface area contributed by atoms with Gasteiger partial charge in [0.05, 0.1) is 12.9 Å². The summed E-state index contributed by atoms with van der Waals surface area (Å²) in [6, 6.07) is 10.8. The first-order valence-corrected chi connectivity index (χ1v) is 10.8. The molecule has 3 aromatic rings. The van der Waals surface area contributed by atoms with E-state index in [0.29, 0.717) is 22.9 Å². The van der Waals surface area contributed by atoms with Crippen LogP contribution in [0.25, 0.3) is 11.2 Å². The Hall–Kier alpha value is -2.59. The van der Waals surface area contributed by atoms with Crippen LogP contribution in [-0.4, -0.2) is 65.8 Å². The number of nitrogens with zero attached hydrogens (tertiary/aromatic N) is 4. The van der Waals surface area contributed by atoms with E-state index in [4.69, 9.17) is 4.74 Å². The zero-order chi connectivity index (χ0) is 21.4. The van der Waals surface area contributed by atoms with Crippen LogP contribution in [0.2, 0.25) is 0 Å². The maximum atomic E-state index is 10.4. The number of anilines is 1. The van der Waals surface area contributed by atoms with E-state index < -0.39 is 24.5 Å². The summed E-state index contributed by atoms with van der Waals surface area (Å²) in [4.78, 5) is 13.3. The molecule has 9 nitrogen and oxygen atoms in total. The molecule has 0 spiro atoms. The van der Waals surface area contributed by atoms with Crippen LogP contribution in [0.1, 0.15) is 43.4 Å². The van der Waals surface area contributed by atoms with E-state index in [1.165, 1.54) is 24.6 Å². The molecule has 2 aliphatic rings. The number of aromatic nitrogens is 4. The normalized spacial score (nSPS) is 31.2. The molecule has 3 heterocycles. The third-order valence-corrected chi connectivity index (χ3v) is 6.47. The highest BCUT2D eigenvalue weighted by Gasteiger charge is 2.44. The molecule has 9 heteroatoms. The largest absolute Gasteiger partial charge is 0.394 e. The number of aliphatic hydroxyl groups excluding tert-OH is 3. The van der Waals surface area contributed by atoms with Crippen molar-refractivity contribution in [2.24, 2.45) is 0 Å². The van der Waals surface area contributed by atoms with Gasteiger partial charge in [-0.2, -0.15) is 0 Å². The molecular formula is C22H27N5O4. The highest BCUT2D eigenvalue weighted by molar-refractivity contribution is 5.83. The molecule has 1 aliphatic heterocycles. The summed E-state index contributed by atoms with van der Waals surface area (Å²) in [7, 11) is 0. The fourth-order valence-corrected chi connectivity index (χ4v) is 4.83. The fourth-order valence-electron chi connectivity index (χ4n) is 4.83. The van der Waals surface area contributed by atoms with E-state index in [9.17, 15) is 15.3 Å². The van der Waals surface area contributed by atoms with Crippen molar-refractivity contribution in [2.45, 2.75) is 62.2 Å². The van der Waals surface area contributed by atoms with Crippen molar-refractivity contribution in [3.63, 3.8) is 0 Å². The van der Waals surface area contributed by atoms with Crippen LogP contribution >= 0.6 is 0 Å². The summed E-state index contributed by atoms with van der Waals surface area (Å²) in [5, 5.41) is 33.4. The predicted octanol–water partition coefficient (Wildman–Crippen LogP) is 1.58. The second-order valence-corrected chi connectivity index (χ2v) is 8.33. The molecule has 1 aliphatic carbocycles. The molecule has 5 rings (SSSR count). The van der Waals surface area contributed by atoms with Crippen molar-refractivity contribution in [1.82, 2.24) is 19.5 Å². The standard InChI is InChI=1S/C22H27N5O4/c28-10-16-18(29)19(30)22(31-16)27-12-25-17-20(23-11-24-21(17)27)26-15-9-5-4-8-14(15)13-6-2-1-3-7-13/h1-3,6-7,11-12,14-16,18-19,22,28-30H,4-5,8-10H2,(H,23,24,26)/t14-,15?,16+,18+,19+,22?/m0/s1. The zero-order valence-corrected chi connectivity index (χ0v) is 17.1. The van der Waals surface area contributed by atoms with Gasteiger partial charge in [0.2, 0.25) is 0 Å². The Labute approximate surface area is 179 Å². The average molecular weight is 425 g/mol. The van der Waals surface area contributed by atoms with E-state index >= 15 is 0 Å². The maximum Gasteiger partial charge on any atom is 0.167 e. The summed E-state index contributed by atoms with van der Waals surface area (Å²) >= 11 is 0. The number of fused-ring (bicyclic) bond motifs is 1. The van der Waals surface area contributed by atoms with Crippen molar-refractivity contribution in [3.8, 4) is 0 Å². The van der Waals surface area contributed by atoms with Crippen LogP contribution in [-0.2, 0) is 4.74 Å². The van der Waals surface area contributed by atoms with Crippen LogP contribution in [0, 0.1) is 0 Å². The van der Waals surface area contributed by atoms with Crippen LogP contribution in [0.5, 0.6) is 0 Å². The Morgan fingerprint density at radius 2 is 1.84 bits per heavy atom. The number of rotatable bonds is 5. The monoisotopic (exact) mass is 425 g/mol. The van der Waals surface area contributed by atoms with Gasteiger partial charge >= 0.3 is 0 Å². The van der Waals surface area contributed by atoms with Crippen molar-refractivity contribution in [2.75, 3.05) is 11.9 Å². The zero-order valence-electron chi connectivity index (χ0n) is 17.1. The molecule has 164 valence electrons. The van der Waals surface area contributed by atoms with Crippen molar-refractivity contribution in [3.05, 3.63) is 48.5 Å². The SMILES string of the molecule is OC[C@H]1OC(n2cnc3c(NC4CCCC[C@H]4c4ccccc4)ncnc32)[C@H](O)[C@@H]1O. The number of hydrogen-bond acceptors (Lipinski definition) is 8. The summed E-state index contributed by atoms with van der Waals surface area (Å²) in [5.74, 6) is 1.03. The Morgan fingerprint density at radius 3 is 2.61 bits per heavy atom. The third kappa shape index (κ3) is 3.67. The van der Waals surface area contributed by atoms with Crippen molar-refractivity contribution >= 4 is 17.0 Å². The molecular weight excluding hydrogens is 398 g/mol. The minimum atomic E-state index is -1.19. The number of benzene rings is 1. The second kappa shape index (κ2) is 8.51. The van der Waals surface area contributed by atoms with Gasteiger partial charge in [0.1, 0.15) is 24.6 Å². The van der Waals surface area contributed by atoms with E-state index in [-0.39, 0.29) is 12.6 Å². The summed E-state index contributed by atoms with van der Waals surface area (Å²) in [6.45, 7) is -0.383. The third-order valence-electron chi connectivity index (χ3n) is 6.47. The molecule has 0 amide bonds. The average Bonchev–Trinajstić information content (AvgIpc) is 3.36. The van der Waals surface area contributed by atoms with Crippen LogP contribution in [0.4, 0.5) is 5.82 Å². The van der Waals surface area contributed by atoms with E-state index in [0.717, 1.165) is 19.3 Å². The number of nitrogens with one attached hydrogen (secondary N) is 1. The molecule has 2 aromatic heterocycles. The minimum Gasteiger partial charge on any atom is -0.394 e. The van der Waals surface area contributed by atoms with Crippen molar-refractivity contribution in [1.29, 1.82) is 0 Å².